The molecule has 2 heterocycles. The lowest BCUT2D eigenvalue weighted by Crippen LogP contribution is -2.42. The fourth-order valence-electron chi connectivity index (χ4n) is 4.25. The number of hydrogen-bond donors (Lipinski definition) is 0. The maximum absolute atomic E-state index is 5.48. The molecule has 2 aliphatic rings. The first-order valence-electron chi connectivity index (χ1n) is 8.91. The Hall–Kier alpha value is -2.22. The minimum absolute atomic E-state index is 0.174. The Morgan fingerprint density at radius 2 is 1.92 bits per heavy atom. The zero-order valence-electron chi connectivity index (χ0n) is 14.6. The van der Waals surface area contributed by atoms with Gasteiger partial charge in [-0.1, -0.05) is 36.4 Å². The SMILES string of the molecule is COc1ccc2c(c1)C(CCc1ccccc1)=CC1(C)CCCN21. The summed E-state index contributed by atoms with van der Waals surface area (Å²) >= 11 is 0. The highest BCUT2D eigenvalue weighted by molar-refractivity contribution is 5.83. The summed E-state index contributed by atoms with van der Waals surface area (Å²) in [5.74, 6) is 0.946. The molecule has 2 aromatic carbocycles. The fraction of sp³-hybridized carbons (Fsp3) is 0.364. The van der Waals surface area contributed by atoms with Gasteiger partial charge >= 0.3 is 0 Å². The molecule has 1 saturated heterocycles. The predicted octanol–water partition coefficient (Wildman–Crippen LogP) is 5.08. The van der Waals surface area contributed by atoms with Crippen molar-refractivity contribution in [2.75, 3.05) is 18.6 Å². The maximum atomic E-state index is 5.48. The standard InChI is InChI=1S/C22H25NO/c1-22-13-6-14-23(22)21-12-11-19(24-2)15-20(21)18(16-22)10-9-17-7-4-3-5-8-17/h3-5,7-8,11-12,15-16H,6,9-10,13-14H2,1-2H3. The molecule has 1 unspecified atom stereocenters. The van der Waals surface area contributed by atoms with E-state index in [0.29, 0.717) is 0 Å². The summed E-state index contributed by atoms with van der Waals surface area (Å²) in [4.78, 5) is 2.58. The van der Waals surface area contributed by atoms with Gasteiger partial charge in [-0.3, -0.25) is 0 Å². The van der Waals surface area contributed by atoms with Gasteiger partial charge in [-0.15, -0.1) is 0 Å². The summed E-state index contributed by atoms with van der Waals surface area (Å²) < 4.78 is 5.48. The van der Waals surface area contributed by atoms with Crippen LogP contribution in [-0.4, -0.2) is 19.2 Å². The molecule has 2 aliphatic heterocycles. The Morgan fingerprint density at radius 3 is 2.71 bits per heavy atom. The number of allylic oxidation sites excluding steroid dienone is 1. The van der Waals surface area contributed by atoms with Crippen molar-refractivity contribution < 1.29 is 4.74 Å². The first-order valence-corrected chi connectivity index (χ1v) is 8.91. The van der Waals surface area contributed by atoms with Gasteiger partial charge in [0.05, 0.1) is 12.6 Å². The Labute approximate surface area is 144 Å². The highest BCUT2D eigenvalue weighted by atomic mass is 16.5. The Morgan fingerprint density at radius 1 is 1.08 bits per heavy atom. The van der Waals surface area contributed by atoms with E-state index in [1.54, 1.807) is 7.11 Å². The van der Waals surface area contributed by atoms with Crippen LogP contribution >= 0.6 is 0 Å². The predicted molar refractivity (Wildman–Crippen MR) is 101 cm³/mol. The molecule has 0 saturated carbocycles. The van der Waals surface area contributed by atoms with E-state index in [4.69, 9.17) is 4.74 Å². The lowest BCUT2D eigenvalue weighted by Gasteiger charge is -2.41. The van der Waals surface area contributed by atoms with E-state index in [1.165, 1.54) is 35.2 Å². The monoisotopic (exact) mass is 319 g/mol. The lowest BCUT2D eigenvalue weighted by molar-refractivity contribution is 0.414. The first-order chi connectivity index (χ1) is 11.7. The molecule has 2 heteroatoms. The number of nitrogens with zero attached hydrogens (tertiary/aromatic N) is 1. The van der Waals surface area contributed by atoms with Gasteiger partial charge in [-0.2, -0.15) is 0 Å². The molecule has 0 radical (unpaired) electrons. The van der Waals surface area contributed by atoms with Gasteiger partial charge in [-0.25, -0.2) is 0 Å². The molecule has 0 spiro atoms. The summed E-state index contributed by atoms with van der Waals surface area (Å²) in [6, 6.07) is 17.3. The van der Waals surface area contributed by atoms with E-state index in [-0.39, 0.29) is 5.54 Å². The minimum atomic E-state index is 0.174. The number of aryl methyl sites for hydroxylation is 1. The number of benzene rings is 2. The van der Waals surface area contributed by atoms with Crippen molar-refractivity contribution in [3.63, 3.8) is 0 Å². The lowest BCUT2D eigenvalue weighted by atomic mass is 9.85. The molecular formula is C22H25NO. The van der Waals surface area contributed by atoms with E-state index in [1.807, 2.05) is 0 Å². The van der Waals surface area contributed by atoms with Crippen LogP contribution in [0.3, 0.4) is 0 Å². The third-order valence-corrected chi connectivity index (χ3v) is 5.53. The summed E-state index contributed by atoms with van der Waals surface area (Å²) in [5.41, 5.74) is 5.77. The highest BCUT2D eigenvalue weighted by Gasteiger charge is 2.39. The zero-order chi connectivity index (χ0) is 16.6. The average molecular weight is 319 g/mol. The van der Waals surface area contributed by atoms with E-state index in [2.05, 4.69) is 66.4 Å². The summed E-state index contributed by atoms with van der Waals surface area (Å²) in [6.07, 6.45) is 7.19. The third kappa shape index (κ3) is 2.60. The number of anilines is 1. The van der Waals surface area contributed by atoms with Crippen LogP contribution in [-0.2, 0) is 6.42 Å². The smallest absolute Gasteiger partial charge is 0.119 e. The number of rotatable bonds is 4. The topological polar surface area (TPSA) is 12.5 Å². The molecule has 124 valence electrons. The van der Waals surface area contributed by atoms with E-state index < -0.39 is 0 Å². The van der Waals surface area contributed by atoms with Crippen molar-refractivity contribution in [1.82, 2.24) is 0 Å². The first kappa shape index (κ1) is 15.3. The van der Waals surface area contributed by atoms with E-state index >= 15 is 0 Å². The van der Waals surface area contributed by atoms with Crippen LogP contribution in [0.1, 0.15) is 37.3 Å². The van der Waals surface area contributed by atoms with Crippen LogP contribution < -0.4 is 9.64 Å². The molecule has 24 heavy (non-hydrogen) atoms. The van der Waals surface area contributed by atoms with Crippen LogP contribution in [0.4, 0.5) is 5.69 Å². The number of methoxy groups -OCH3 is 1. The van der Waals surface area contributed by atoms with Gasteiger partial charge in [0.1, 0.15) is 5.75 Å². The van der Waals surface area contributed by atoms with Crippen LogP contribution in [0, 0.1) is 0 Å². The van der Waals surface area contributed by atoms with Crippen molar-refractivity contribution in [3.05, 3.63) is 65.7 Å². The van der Waals surface area contributed by atoms with E-state index in [0.717, 1.165) is 25.1 Å². The summed E-state index contributed by atoms with van der Waals surface area (Å²) in [5, 5.41) is 0. The molecule has 2 aromatic rings. The van der Waals surface area contributed by atoms with Crippen LogP contribution in [0.2, 0.25) is 0 Å². The largest absolute Gasteiger partial charge is 0.497 e. The number of ether oxygens (including phenoxy) is 1. The molecule has 1 fully saturated rings. The molecule has 0 N–H and O–H groups in total. The molecule has 1 atom stereocenters. The van der Waals surface area contributed by atoms with Crippen molar-refractivity contribution >= 4 is 11.3 Å². The van der Waals surface area contributed by atoms with Crippen LogP contribution in [0.25, 0.3) is 5.57 Å². The van der Waals surface area contributed by atoms with Gasteiger partial charge in [0, 0.05) is 17.8 Å². The van der Waals surface area contributed by atoms with E-state index in [9.17, 15) is 0 Å². The van der Waals surface area contributed by atoms with Gasteiger partial charge in [0.25, 0.3) is 0 Å². The average Bonchev–Trinajstić information content (AvgIpc) is 3.01. The quantitative estimate of drug-likeness (QED) is 0.779. The summed E-state index contributed by atoms with van der Waals surface area (Å²) in [7, 11) is 1.75. The maximum Gasteiger partial charge on any atom is 0.119 e. The molecule has 0 bridgehead atoms. The Kier molecular flexibility index (Phi) is 3.84. The molecule has 0 aromatic heterocycles. The molecule has 4 rings (SSSR count). The normalized spacial score (nSPS) is 21.9. The Balaban J connectivity index is 1.70. The Bertz CT molecular complexity index is 765. The van der Waals surface area contributed by atoms with Gasteiger partial charge in [-0.05, 0) is 61.9 Å². The second kappa shape index (κ2) is 6.01. The zero-order valence-corrected chi connectivity index (χ0v) is 14.6. The van der Waals surface area contributed by atoms with Crippen molar-refractivity contribution in [2.24, 2.45) is 0 Å². The van der Waals surface area contributed by atoms with Gasteiger partial charge < -0.3 is 9.64 Å². The van der Waals surface area contributed by atoms with Crippen molar-refractivity contribution in [3.8, 4) is 5.75 Å². The van der Waals surface area contributed by atoms with Gasteiger partial charge in [0.15, 0.2) is 0 Å². The van der Waals surface area contributed by atoms with Crippen molar-refractivity contribution in [1.29, 1.82) is 0 Å². The molecule has 0 amide bonds. The second-order valence-corrected chi connectivity index (χ2v) is 7.15. The second-order valence-electron chi connectivity index (χ2n) is 7.15. The molecule has 2 nitrogen and oxygen atoms in total. The molecule has 0 aliphatic carbocycles. The van der Waals surface area contributed by atoms with Crippen molar-refractivity contribution in [2.45, 2.75) is 38.1 Å². The van der Waals surface area contributed by atoms with Crippen LogP contribution in [0.5, 0.6) is 5.75 Å². The minimum Gasteiger partial charge on any atom is -0.497 e. The van der Waals surface area contributed by atoms with Crippen LogP contribution in [0.15, 0.2) is 54.6 Å². The van der Waals surface area contributed by atoms with Gasteiger partial charge in [0.2, 0.25) is 0 Å². The highest BCUT2D eigenvalue weighted by Crippen LogP contribution is 2.46. The molecular weight excluding hydrogens is 294 g/mol. The third-order valence-electron chi connectivity index (χ3n) is 5.53. The number of hydrogen-bond acceptors (Lipinski definition) is 2. The number of fused-ring (bicyclic) bond motifs is 3. The fourth-order valence-corrected chi connectivity index (χ4v) is 4.25. The summed E-state index contributed by atoms with van der Waals surface area (Å²) in [6.45, 7) is 3.54.